The van der Waals surface area contributed by atoms with E-state index in [2.05, 4.69) is 11.1 Å². The number of amides is 1. The van der Waals surface area contributed by atoms with Crippen LogP contribution >= 0.6 is 22.9 Å². The van der Waals surface area contributed by atoms with Crippen molar-refractivity contribution in [2.75, 3.05) is 20.3 Å². The van der Waals surface area contributed by atoms with Gasteiger partial charge >= 0.3 is 0 Å². The number of carbonyl (C=O) groups is 1. The molecule has 0 N–H and O–H groups in total. The van der Waals surface area contributed by atoms with Crippen LogP contribution in [-0.2, 0) is 11.3 Å². The van der Waals surface area contributed by atoms with Crippen LogP contribution in [0.25, 0.3) is 22.2 Å². The zero-order chi connectivity index (χ0) is 24.4. The van der Waals surface area contributed by atoms with Crippen LogP contribution in [0.1, 0.15) is 33.9 Å². The molecule has 1 aliphatic heterocycles. The molecule has 180 valence electrons. The molecule has 2 aromatic heterocycles. The van der Waals surface area contributed by atoms with Gasteiger partial charge in [0.1, 0.15) is 11.4 Å². The summed E-state index contributed by atoms with van der Waals surface area (Å²) in [7, 11) is 1.64. The maximum absolute atomic E-state index is 13.6. The van der Waals surface area contributed by atoms with E-state index in [1.165, 1.54) is 11.3 Å². The molecule has 0 saturated carbocycles. The number of ether oxygens (including phenoxy) is 2. The predicted octanol–water partition coefficient (Wildman–Crippen LogP) is 6.15. The summed E-state index contributed by atoms with van der Waals surface area (Å²) in [5, 5.41) is 4.29. The minimum absolute atomic E-state index is 0.0235. The van der Waals surface area contributed by atoms with Gasteiger partial charge in [0.15, 0.2) is 0 Å². The van der Waals surface area contributed by atoms with Gasteiger partial charge in [0.25, 0.3) is 5.91 Å². The van der Waals surface area contributed by atoms with Crippen LogP contribution in [-0.4, -0.2) is 47.1 Å². The van der Waals surface area contributed by atoms with E-state index in [1.807, 2.05) is 59.7 Å². The fourth-order valence-corrected chi connectivity index (χ4v) is 5.14. The summed E-state index contributed by atoms with van der Waals surface area (Å²) in [6.45, 7) is 3.54. The molecule has 2 aromatic carbocycles. The fraction of sp³-hybridized carbons (Fsp3) is 0.296. The monoisotopic (exact) mass is 507 g/mol. The molecule has 4 aromatic rings. The van der Waals surface area contributed by atoms with Gasteiger partial charge < -0.3 is 14.4 Å². The Balaban J connectivity index is 1.57. The molecule has 1 saturated heterocycles. The zero-order valence-electron chi connectivity index (χ0n) is 19.7. The molecule has 35 heavy (non-hydrogen) atoms. The normalized spacial score (nSPS) is 15.5. The Morgan fingerprint density at radius 3 is 2.71 bits per heavy atom. The first-order valence-corrected chi connectivity index (χ1v) is 12.8. The summed E-state index contributed by atoms with van der Waals surface area (Å²) in [5.74, 6) is 0.676. The predicted molar refractivity (Wildman–Crippen MR) is 139 cm³/mol. The molecule has 0 aliphatic carbocycles. The summed E-state index contributed by atoms with van der Waals surface area (Å²) >= 11 is 7.74. The van der Waals surface area contributed by atoms with Crippen molar-refractivity contribution in [1.29, 1.82) is 0 Å². The summed E-state index contributed by atoms with van der Waals surface area (Å²) in [6, 6.07) is 15.6. The van der Waals surface area contributed by atoms with Crippen molar-refractivity contribution >= 4 is 39.7 Å². The second kappa shape index (κ2) is 10.3. The lowest BCUT2D eigenvalue weighted by Gasteiger charge is -2.26. The van der Waals surface area contributed by atoms with E-state index in [0.717, 1.165) is 57.9 Å². The molecule has 0 radical (unpaired) electrons. The number of aromatic nitrogens is 2. The smallest absolute Gasteiger partial charge is 0.273 e. The van der Waals surface area contributed by atoms with Crippen LogP contribution in [0.15, 0.2) is 53.9 Å². The maximum atomic E-state index is 13.6. The average molecular weight is 508 g/mol. The summed E-state index contributed by atoms with van der Waals surface area (Å²) in [4.78, 5) is 24.8. The molecule has 6 nitrogen and oxygen atoms in total. The number of halogens is 1. The van der Waals surface area contributed by atoms with Crippen molar-refractivity contribution in [2.45, 2.75) is 32.4 Å². The lowest BCUT2D eigenvalue weighted by atomic mass is 10.0. The number of hydrogen-bond donors (Lipinski definition) is 0. The highest BCUT2D eigenvalue weighted by molar-refractivity contribution is 7.09. The van der Waals surface area contributed by atoms with Gasteiger partial charge in [-0.25, -0.2) is 9.97 Å². The molecule has 1 amide bonds. The minimum atomic E-state index is -0.0956. The number of fused-ring (bicyclic) bond motifs is 1. The van der Waals surface area contributed by atoms with Gasteiger partial charge in [-0.1, -0.05) is 17.7 Å². The Bertz CT molecular complexity index is 1350. The van der Waals surface area contributed by atoms with E-state index in [4.69, 9.17) is 26.1 Å². The van der Waals surface area contributed by atoms with E-state index in [-0.39, 0.29) is 12.0 Å². The quantitative estimate of drug-likeness (QED) is 0.300. The molecule has 1 aliphatic rings. The molecule has 0 spiro atoms. The molecule has 0 bridgehead atoms. The SMILES string of the molecule is COc1ccc(-c2nc3cc(Cl)ccc3cc2CN(CC2CCCO2)C(=O)c2csc(C)n2)cc1. The number of aryl methyl sites for hydroxylation is 1. The fourth-order valence-electron chi connectivity index (χ4n) is 4.39. The number of carbonyl (C=O) groups excluding carboxylic acids is 1. The lowest BCUT2D eigenvalue weighted by molar-refractivity contribution is 0.0503. The van der Waals surface area contributed by atoms with E-state index >= 15 is 0 Å². The number of rotatable bonds is 7. The molecule has 3 heterocycles. The molecular formula is C27H26ClN3O3S. The number of benzene rings is 2. The van der Waals surface area contributed by atoms with Crippen LogP contribution in [0.4, 0.5) is 0 Å². The van der Waals surface area contributed by atoms with E-state index in [0.29, 0.717) is 23.8 Å². The van der Waals surface area contributed by atoms with Crippen molar-refractivity contribution in [3.8, 4) is 17.0 Å². The maximum Gasteiger partial charge on any atom is 0.273 e. The highest BCUT2D eigenvalue weighted by atomic mass is 35.5. The second-order valence-electron chi connectivity index (χ2n) is 8.63. The van der Waals surface area contributed by atoms with Gasteiger partial charge in [-0.05, 0) is 67.8 Å². The van der Waals surface area contributed by atoms with Crippen molar-refractivity contribution in [1.82, 2.24) is 14.9 Å². The number of hydrogen-bond acceptors (Lipinski definition) is 6. The summed E-state index contributed by atoms with van der Waals surface area (Å²) < 4.78 is 11.2. The molecule has 1 atom stereocenters. The van der Waals surface area contributed by atoms with Crippen LogP contribution in [0, 0.1) is 6.92 Å². The first kappa shape index (κ1) is 23.7. The van der Waals surface area contributed by atoms with Gasteiger partial charge in [0, 0.05) is 41.0 Å². The Morgan fingerprint density at radius 1 is 1.20 bits per heavy atom. The van der Waals surface area contributed by atoms with Crippen LogP contribution in [0.2, 0.25) is 5.02 Å². The molecular weight excluding hydrogens is 482 g/mol. The number of methoxy groups -OCH3 is 1. The van der Waals surface area contributed by atoms with Crippen LogP contribution in [0.3, 0.4) is 0 Å². The van der Waals surface area contributed by atoms with Crippen molar-refractivity contribution in [2.24, 2.45) is 0 Å². The summed E-state index contributed by atoms with van der Waals surface area (Å²) in [6.07, 6.45) is 1.98. The van der Waals surface area contributed by atoms with Gasteiger partial charge in [0.2, 0.25) is 0 Å². The molecule has 8 heteroatoms. The number of pyridine rings is 1. The summed E-state index contributed by atoms with van der Waals surface area (Å²) in [5.41, 5.74) is 3.97. The standard InChI is InChI=1S/C27H26ClN3O3S/c1-17-29-25(16-35-17)27(32)31(15-23-4-3-11-34-23)14-20-12-19-5-8-21(28)13-24(19)30-26(20)18-6-9-22(33-2)10-7-18/h5-10,12-13,16,23H,3-4,11,14-15H2,1-2H3. The van der Waals surface area contributed by atoms with Crippen LogP contribution in [0.5, 0.6) is 5.75 Å². The first-order chi connectivity index (χ1) is 17.0. The third kappa shape index (κ3) is 5.32. The van der Waals surface area contributed by atoms with Gasteiger partial charge in [-0.15, -0.1) is 11.3 Å². The highest BCUT2D eigenvalue weighted by Gasteiger charge is 2.26. The minimum Gasteiger partial charge on any atom is -0.497 e. The number of nitrogens with zero attached hydrogens (tertiary/aromatic N) is 3. The first-order valence-electron chi connectivity index (χ1n) is 11.6. The van der Waals surface area contributed by atoms with E-state index < -0.39 is 0 Å². The zero-order valence-corrected chi connectivity index (χ0v) is 21.2. The Kier molecular flexibility index (Phi) is 7.00. The van der Waals surface area contributed by atoms with Gasteiger partial charge in [0.05, 0.1) is 29.4 Å². The van der Waals surface area contributed by atoms with Crippen molar-refractivity contribution in [3.63, 3.8) is 0 Å². The van der Waals surface area contributed by atoms with Crippen LogP contribution < -0.4 is 4.74 Å². The lowest BCUT2D eigenvalue weighted by Crippen LogP contribution is -2.37. The Morgan fingerprint density at radius 2 is 2.03 bits per heavy atom. The van der Waals surface area contributed by atoms with E-state index in [1.54, 1.807) is 7.11 Å². The van der Waals surface area contributed by atoms with Crippen molar-refractivity contribution in [3.05, 3.63) is 75.2 Å². The number of thiazole rings is 1. The Hall–Kier alpha value is -3.00. The second-order valence-corrected chi connectivity index (χ2v) is 10.1. The van der Waals surface area contributed by atoms with E-state index in [9.17, 15) is 4.79 Å². The highest BCUT2D eigenvalue weighted by Crippen LogP contribution is 2.30. The molecule has 5 rings (SSSR count). The average Bonchev–Trinajstić information content (AvgIpc) is 3.55. The molecule has 1 fully saturated rings. The van der Waals surface area contributed by atoms with Gasteiger partial charge in [-0.2, -0.15) is 0 Å². The van der Waals surface area contributed by atoms with Gasteiger partial charge in [-0.3, -0.25) is 4.79 Å². The Labute approximate surface area is 213 Å². The topological polar surface area (TPSA) is 64.6 Å². The largest absolute Gasteiger partial charge is 0.497 e. The van der Waals surface area contributed by atoms with Crippen molar-refractivity contribution < 1.29 is 14.3 Å². The third-order valence-corrected chi connectivity index (χ3v) is 7.17. The third-order valence-electron chi connectivity index (χ3n) is 6.16. The molecule has 1 unspecified atom stereocenters.